The van der Waals surface area contributed by atoms with E-state index in [0.717, 1.165) is 44.6 Å². The van der Waals surface area contributed by atoms with Crippen molar-refractivity contribution in [1.29, 1.82) is 0 Å². The van der Waals surface area contributed by atoms with Crippen LogP contribution in [0.2, 0.25) is 0 Å². The third kappa shape index (κ3) is 3.98. The minimum Gasteiger partial charge on any atom is -0.348 e. The molecule has 36 heavy (non-hydrogen) atoms. The van der Waals surface area contributed by atoms with Crippen molar-refractivity contribution in [3.63, 3.8) is 0 Å². The number of rotatable bonds is 6. The number of hydrogen-bond donors (Lipinski definition) is 2. The average molecular weight is 495 g/mol. The van der Waals surface area contributed by atoms with Crippen LogP contribution in [-0.4, -0.2) is 35.0 Å². The Bertz CT molecular complexity index is 1450. The molecule has 4 unspecified atom stereocenters. The molecular formula is C27H22N6O2S. The van der Waals surface area contributed by atoms with Gasteiger partial charge in [0.1, 0.15) is 23.8 Å². The Morgan fingerprint density at radius 2 is 1.56 bits per heavy atom. The molecule has 1 aromatic heterocycles. The SMILES string of the molecule is NC1OC1c1ccc(N/N=C2\C(c3ccccc3)=NN(c3nc(-c4ccccc4)cs3)C3OC23)cc1. The van der Waals surface area contributed by atoms with Crippen LogP contribution in [0.4, 0.5) is 10.8 Å². The topological polar surface area (TPSA) is 104 Å². The number of nitrogens with one attached hydrogen (secondary N) is 1. The summed E-state index contributed by atoms with van der Waals surface area (Å²) in [7, 11) is 0. The number of aromatic nitrogens is 1. The van der Waals surface area contributed by atoms with E-state index in [2.05, 4.69) is 17.6 Å². The largest absolute Gasteiger partial charge is 0.348 e. The van der Waals surface area contributed by atoms with Crippen LogP contribution in [0.25, 0.3) is 11.3 Å². The molecule has 3 aliphatic heterocycles. The molecule has 4 heterocycles. The second kappa shape index (κ2) is 8.65. The van der Waals surface area contributed by atoms with Crippen LogP contribution in [0.1, 0.15) is 17.2 Å². The fraction of sp³-hybridized carbons (Fsp3) is 0.148. The zero-order valence-corrected chi connectivity index (χ0v) is 19.9. The number of nitrogens with two attached hydrogens (primary N) is 1. The van der Waals surface area contributed by atoms with E-state index in [9.17, 15) is 0 Å². The maximum atomic E-state index is 6.06. The summed E-state index contributed by atoms with van der Waals surface area (Å²) in [6, 6.07) is 28.1. The first kappa shape index (κ1) is 21.4. The normalized spacial score (nSPS) is 25.3. The van der Waals surface area contributed by atoms with Crippen molar-refractivity contribution in [3.05, 3.63) is 101 Å². The molecule has 3 N–H and O–H groups in total. The number of benzene rings is 3. The molecular weight excluding hydrogens is 472 g/mol. The molecule has 0 radical (unpaired) electrons. The van der Waals surface area contributed by atoms with Gasteiger partial charge in [0.05, 0.1) is 11.4 Å². The molecule has 3 aromatic carbocycles. The molecule has 0 spiro atoms. The molecule has 9 heteroatoms. The Balaban J connectivity index is 1.19. The van der Waals surface area contributed by atoms with Crippen molar-refractivity contribution >= 4 is 33.6 Å². The lowest BCUT2D eigenvalue weighted by Gasteiger charge is -2.21. The Hall–Kier alpha value is -3.89. The van der Waals surface area contributed by atoms with E-state index in [-0.39, 0.29) is 24.7 Å². The number of ether oxygens (including phenoxy) is 2. The van der Waals surface area contributed by atoms with Crippen LogP contribution in [0.15, 0.2) is 101 Å². The molecule has 0 bridgehead atoms. The highest BCUT2D eigenvalue weighted by molar-refractivity contribution is 7.14. The summed E-state index contributed by atoms with van der Waals surface area (Å²) in [5.74, 6) is 0. The molecule has 3 aliphatic rings. The van der Waals surface area contributed by atoms with Gasteiger partial charge in [0, 0.05) is 16.5 Å². The van der Waals surface area contributed by atoms with Crippen LogP contribution >= 0.6 is 11.3 Å². The first-order chi connectivity index (χ1) is 17.7. The van der Waals surface area contributed by atoms with Crippen molar-refractivity contribution in [2.45, 2.75) is 24.7 Å². The highest BCUT2D eigenvalue weighted by Crippen LogP contribution is 2.39. The molecule has 4 atom stereocenters. The summed E-state index contributed by atoms with van der Waals surface area (Å²) >= 11 is 1.55. The first-order valence-electron chi connectivity index (χ1n) is 11.7. The van der Waals surface area contributed by atoms with Crippen molar-refractivity contribution in [3.8, 4) is 11.3 Å². The van der Waals surface area contributed by atoms with Gasteiger partial charge in [-0.25, -0.2) is 9.99 Å². The Labute approximate surface area is 211 Å². The Morgan fingerprint density at radius 1 is 0.861 bits per heavy atom. The van der Waals surface area contributed by atoms with Crippen LogP contribution < -0.4 is 16.2 Å². The third-order valence-corrected chi connectivity index (χ3v) is 7.13. The monoisotopic (exact) mass is 494 g/mol. The minimum absolute atomic E-state index is 0.0135. The molecule has 0 aliphatic carbocycles. The van der Waals surface area contributed by atoms with Crippen molar-refractivity contribution in [2.24, 2.45) is 15.9 Å². The van der Waals surface area contributed by atoms with Gasteiger partial charge >= 0.3 is 0 Å². The van der Waals surface area contributed by atoms with E-state index >= 15 is 0 Å². The summed E-state index contributed by atoms with van der Waals surface area (Å²) in [5.41, 5.74) is 15.3. The lowest BCUT2D eigenvalue weighted by molar-refractivity contribution is 0.377. The van der Waals surface area contributed by atoms with Gasteiger partial charge < -0.3 is 15.2 Å². The lowest BCUT2D eigenvalue weighted by atomic mass is 10.0. The number of anilines is 2. The van der Waals surface area contributed by atoms with Crippen LogP contribution in [0.5, 0.6) is 0 Å². The van der Waals surface area contributed by atoms with Gasteiger partial charge in [-0.05, 0) is 17.7 Å². The average Bonchev–Trinajstić information content (AvgIpc) is 3.83. The number of epoxide rings is 2. The highest BCUT2D eigenvalue weighted by atomic mass is 32.1. The van der Waals surface area contributed by atoms with Gasteiger partial charge in [0.25, 0.3) is 0 Å². The number of thiazole rings is 1. The Morgan fingerprint density at radius 3 is 2.25 bits per heavy atom. The minimum atomic E-state index is -0.233. The molecule has 0 amide bonds. The van der Waals surface area contributed by atoms with E-state index in [1.165, 1.54) is 0 Å². The first-order valence-corrected chi connectivity index (χ1v) is 12.6. The number of hydrazone groups is 2. The maximum Gasteiger partial charge on any atom is 0.209 e. The fourth-order valence-corrected chi connectivity index (χ4v) is 5.10. The van der Waals surface area contributed by atoms with Gasteiger partial charge in [0.15, 0.2) is 12.3 Å². The molecule has 2 saturated heterocycles. The molecule has 178 valence electrons. The molecule has 4 aromatic rings. The summed E-state index contributed by atoms with van der Waals surface area (Å²) in [4.78, 5) is 4.84. The van der Waals surface area contributed by atoms with Crippen molar-refractivity contribution in [2.75, 3.05) is 10.4 Å². The van der Waals surface area contributed by atoms with E-state index in [1.807, 2.05) is 83.2 Å². The van der Waals surface area contributed by atoms with Crippen molar-refractivity contribution in [1.82, 2.24) is 4.98 Å². The lowest BCUT2D eigenvalue weighted by Crippen LogP contribution is -2.37. The van der Waals surface area contributed by atoms with Crippen molar-refractivity contribution < 1.29 is 9.47 Å². The predicted octanol–water partition coefficient (Wildman–Crippen LogP) is 4.58. The molecule has 7 rings (SSSR count). The standard InChI is InChI=1S/C27H22N6O2S/c28-25-23(34-25)18-11-13-19(14-12-18)30-31-22-21(17-9-5-2-6-10-17)32-33(26-24(22)35-26)27-29-20(15-36-27)16-7-3-1-4-8-16/h1-15,23-26,30H,28H2/b31-22+. The molecule has 0 saturated carbocycles. The second-order valence-electron chi connectivity index (χ2n) is 8.74. The zero-order valence-electron chi connectivity index (χ0n) is 19.1. The number of nitrogens with zero attached hydrogens (tertiary/aromatic N) is 4. The third-order valence-electron chi connectivity index (χ3n) is 6.30. The summed E-state index contributed by atoms with van der Waals surface area (Å²) in [6.45, 7) is 0. The summed E-state index contributed by atoms with van der Waals surface area (Å²) in [5, 5.41) is 14.4. The quantitative estimate of drug-likeness (QED) is 0.300. The number of hydrogen-bond acceptors (Lipinski definition) is 9. The zero-order chi connectivity index (χ0) is 24.1. The molecule has 2 fully saturated rings. The highest BCUT2D eigenvalue weighted by Gasteiger charge is 2.54. The van der Waals surface area contributed by atoms with Crippen LogP contribution in [0.3, 0.4) is 0 Å². The Kier molecular flexibility index (Phi) is 5.14. The molecule has 8 nitrogen and oxygen atoms in total. The van der Waals surface area contributed by atoms with E-state index in [4.69, 9.17) is 30.4 Å². The van der Waals surface area contributed by atoms with Gasteiger partial charge in [0.2, 0.25) is 5.13 Å². The van der Waals surface area contributed by atoms with E-state index in [1.54, 1.807) is 11.3 Å². The van der Waals surface area contributed by atoms with Gasteiger partial charge in [-0.3, -0.25) is 5.43 Å². The van der Waals surface area contributed by atoms with Gasteiger partial charge in [-0.1, -0.05) is 72.8 Å². The number of fused-ring (bicyclic) bond motifs is 1. The van der Waals surface area contributed by atoms with Gasteiger partial charge in [-0.15, -0.1) is 11.3 Å². The fourth-order valence-electron chi connectivity index (χ4n) is 4.29. The maximum absolute atomic E-state index is 6.06. The summed E-state index contributed by atoms with van der Waals surface area (Å²) < 4.78 is 11.4. The van der Waals surface area contributed by atoms with Gasteiger partial charge in [-0.2, -0.15) is 10.2 Å². The smallest absolute Gasteiger partial charge is 0.209 e. The van der Waals surface area contributed by atoms with E-state index in [0.29, 0.717) is 0 Å². The van der Waals surface area contributed by atoms with Crippen LogP contribution in [-0.2, 0) is 9.47 Å². The van der Waals surface area contributed by atoms with Crippen LogP contribution in [0, 0.1) is 0 Å². The van der Waals surface area contributed by atoms with E-state index < -0.39 is 0 Å². The predicted molar refractivity (Wildman–Crippen MR) is 141 cm³/mol. The summed E-state index contributed by atoms with van der Waals surface area (Å²) in [6.07, 6.45) is -0.653. The second-order valence-corrected chi connectivity index (χ2v) is 9.58.